The van der Waals surface area contributed by atoms with Crippen molar-refractivity contribution in [3.8, 4) is 0 Å². The Morgan fingerprint density at radius 2 is 2.07 bits per heavy atom. The van der Waals surface area contributed by atoms with E-state index >= 15 is 0 Å². The van der Waals surface area contributed by atoms with Crippen LogP contribution in [0.1, 0.15) is 19.8 Å². The number of hydrogen-bond acceptors (Lipinski definition) is 3. The Balaban J connectivity index is 4.01. The fourth-order valence-corrected chi connectivity index (χ4v) is 1.30. The minimum absolute atomic E-state index is 0.00736. The molecule has 1 unspecified atom stereocenters. The number of carbonyl (C=O) groups is 2. The summed E-state index contributed by atoms with van der Waals surface area (Å²) >= 11 is 0. The van der Waals surface area contributed by atoms with Crippen molar-refractivity contribution in [1.82, 2.24) is 10.2 Å². The molecule has 0 saturated heterocycles. The molecule has 3 N–H and O–H groups in total. The van der Waals surface area contributed by atoms with Crippen LogP contribution in [0.4, 0.5) is 0 Å². The first-order valence-electron chi connectivity index (χ1n) is 5.18. The predicted octanol–water partition coefficient (Wildman–Crippen LogP) is -0.434. The van der Waals surface area contributed by atoms with Crippen LogP contribution >= 0.6 is 0 Å². The van der Waals surface area contributed by atoms with Crippen LogP contribution in [0.2, 0.25) is 0 Å². The van der Waals surface area contributed by atoms with Gasteiger partial charge in [-0.15, -0.1) is 0 Å². The fraction of sp³-hybridized carbons (Fsp3) is 0.800. The van der Waals surface area contributed by atoms with E-state index < -0.39 is 0 Å². The van der Waals surface area contributed by atoms with Gasteiger partial charge in [-0.2, -0.15) is 0 Å². The van der Waals surface area contributed by atoms with Crippen molar-refractivity contribution >= 4 is 11.8 Å². The number of likely N-dealkylation sites (N-methyl/N-ethyl adjacent to an activating group) is 2. The number of amides is 2. The molecular formula is C10H21N3O2. The smallest absolute Gasteiger partial charge is 0.239 e. The Labute approximate surface area is 91.0 Å². The van der Waals surface area contributed by atoms with E-state index in [0.29, 0.717) is 6.54 Å². The number of carbonyl (C=O) groups excluding carboxylic acids is 2. The highest BCUT2D eigenvalue weighted by Gasteiger charge is 2.18. The van der Waals surface area contributed by atoms with Gasteiger partial charge in [-0.25, -0.2) is 0 Å². The first kappa shape index (κ1) is 13.9. The second-order valence-electron chi connectivity index (χ2n) is 3.70. The summed E-state index contributed by atoms with van der Waals surface area (Å²) in [5.41, 5.74) is 5.37. The fourth-order valence-electron chi connectivity index (χ4n) is 1.30. The van der Waals surface area contributed by atoms with Gasteiger partial charge in [0.1, 0.15) is 0 Å². The van der Waals surface area contributed by atoms with Crippen molar-refractivity contribution in [3.63, 3.8) is 0 Å². The summed E-state index contributed by atoms with van der Waals surface area (Å²) in [4.78, 5) is 24.2. The van der Waals surface area contributed by atoms with E-state index in [4.69, 9.17) is 5.73 Å². The van der Waals surface area contributed by atoms with E-state index in [1.54, 1.807) is 14.1 Å². The molecule has 0 aliphatic carbocycles. The standard InChI is InChI=1S/C10H21N3O2/c1-8(5-4-6-11)10(15)13(3)7-9(14)12-2/h8H,4-7,11H2,1-3H3,(H,12,14). The summed E-state index contributed by atoms with van der Waals surface area (Å²) in [6.07, 6.45) is 1.61. The van der Waals surface area contributed by atoms with Crippen LogP contribution in [0.25, 0.3) is 0 Å². The summed E-state index contributed by atoms with van der Waals surface area (Å²) in [6, 6.07) is 0. The van der Waals surface area contributed by atoms with Crippen LogP contribution in [-0.4, -0.2) is 43.9 Å². The zero-order valence-electron chi connectivity index (χ0n) is 9.75. The van der Waals surface area contributed by atoms with Gasteiger partial charge in [0, 0.05) is 20.0 Å². The molecule has 0 bridgehead atoms. The van der Waals surface area contributed by atoms with Crippen LogP contribution in [-0.2, 0) is 9.59 Å². The molecule has 0 heterocycles. The van der Waals surface area contributed by atoms with Crippen LogP contribution in [0, 0.1) is 5.92 Å². The van der Waals surface area contributed by atoms with Crippen LogP contribution in [0.15, 0.2) is 0 Å². The van der Waals surface area contributed by atoms with Crippen LogP contribution in [0.5, 0.6) is 0 Å². The number of hydrogen-bond donors (Lipinski definition) is 2. The lowest BCUT2D eigenvalue weighted by Gasteiger charge is -2.20. The Bertz CT molecular complexity index is 219. The second-order valence-corrected chi connectivity index (χ2v) is 3.70. The Kier molecular flexibility index (Phi) is 6.70. The van der Waals surface area contributed by atoms with Crippen molar-refractivity contribution < 1.29 is 9.59 Å². The molecule has 0 saturated carbocycles. The maximum Gasteiger partial charge on any atom is 0.239 e. The Morgan fingerprint density at radius 1 is 1.47 bits per heavy atom. The largest absolute Gasteiger partial charge is 0.358 e. The average Bonchev–Trinajstić information content (AvgIpc) is 2.24. The van der Waals surface area contributed by atoms with Gasteiger partial charge in [0.25, 0.3) is 0 Å². The lowest BCUT2D eigenvalue weighted by molar-refractivity contribution is -0.137. The van der Waals surface area contributed by atoms with Gasteiger partial charge in [-0.3, -0.25) is 9.59 Å². The monoisotopic (exact) mass is 215 g/mol. The van der Waals surface area contributed by atoms with Crippen molar-refractivity contribution in [3.05, 3.63) is 0 Å². The molecule has 5 nitrogen and oxygen atoms in total. The highest BCUT2D eigenvalue weighted by molar-refractivity contribution is 5.85. The van der Waals surface area contributed by atoms with Crippen molar-refractivity contribution in [2.45, 2.75) is 19.8 Å². The molecule has 0 spiro atoms. The topological polar surface area (TPSA) is 75.4 Å². The quantitative estimate of drug-likeness (QED) is 0.631. The van der Waals surface area contributed by atoms with Crippen molar-refractivity contribution in [1.29, 1.82) is 0 Å². The summed E-state index contributed by atoms with van der Waals surface area (Å²) in [5, 5.41) is 2.48. The van der Waals surface area contributed by atoms with Gasteiger partial charge >= 0.3 is 0 Å². The Morgan fingerprint density at radius 3 is 2.53 bits per heavy atom. The zero-order valence-corrected chi connectivity index (χ0v) is 9.75. The predicted molar refractivity (Wildman–Crippen MR) is 59.2 cm³/mol. The molecule has 1 atom stereocenters. The zero-order chi connectivity index (χ0) is 11.8. The first-order chi connectivity index (χ1) is 7.02. The molecule has 0 aromatic carbocycles. The molecule has 0 fully saturated rings. The normalized spacial score (nSPS) is 12.0. The summed E-state index contributed by atoms with van der Waals surface area (Å²) in [7, 11) is 3.19. The van der Waals surface area contributed by atoms with E-state index in [1.165, 1.54) is 4.90 Å². The van der Waals surface area contributed by atoms with Crippen molar-refractivity contribution in [2.24, 2.45) is 11.7 Å². The molecule has 0 radical (unpaired) electrons. The maximum absolute atomic E-state index is 11.7. The minimum atomic E-state index is -0.156. The number of nitrogens with one attached hydrogen (secondary N) is 1. The molecule has 15 heavy (non-hydrogen) atoms. The summed E-state index contributed by atoms with van der Waals surface area (Å²) in [6.45, 7) is 2.57. The average molecular weight is 215 g/mol. The summed E-state index contributed by atoms with van der Waals surface area (Å²) in [5.74, 6) is -0.230. The van der Waals surface area contributed by atoms with Crippen LogP contribution in [0.3, 0.4) is 0 Å². The number of nitrogens with two attached hydrogens (primary N) is 1. The molecule has 0 aliphatic rings. The minimum Gasteiger partial charge on any atom is -0.358 e. The van der Waals surface area contributed by atoms with E-state index in [2.05, 4.69) is 5.32 Å². The lowest BCUT2D eigenvalue weighted by atomic mass is 10.0. The van der Waals surface area contributed by atoms with Gasteiger partial charge in [-0.1, -0.05) is 6.92 Å². The van der Waals surface area contributed by atoms with E-state index in [-0.39, 0.29) is 24.3 Å². The Hall–Kier alpha value is -1.10. The van der Waals surface area contributed by atoms with Gasteiger partial charge in [0.05, 0.1) is 6.54 Å². The number of nitrogens with zero attached hydrogens (tertiary/aromatic N) is 1. The van der Waals surface area contributed by atoms with Gasteiger partial charge < -0.3 is 16.0 Å². The third-order valence-corrected chi connectivity index (χ3v) is 2.30. The molecule has 5 heteroatoms. The SMILES string of the molecule is CNC(=O)CN(C)C(=O)C(C)CCCN. The van der Waals surface area contributed by atoms with E-state index in [1.807, 2.05) is 6.92 Å². The molecule has 0 rings (SSSR count). The highest BCUT2D eigenvalue weighted by atomic mass is 16.2. The van der Waals surface area contributed by atoms with E-state index in [0.717, 1.165) is 12.8 Å². The molecule has 0 aromatic heterocycles. The third-order valence-electron chi connectivity index (χ3n) is 2.30. The van der Waals surface area contributed by atoms with Gasteiger partial charge in [0.15, 0.2) is 0 Å². The van der Waals surface area contributed by atoms with Gasteiger partial charge in [-0.05, 0) is 19.4 Å². The van der Waals surface area contributed by atoms with Crippen molar-refractivity contribution in [2.75, 3.05) is 27.2 Å². The molecule has 0 aromatic rings. The molecule has 2 amide bonds. The number of rotatable bonds is 6. The van der Waals surface area contributed by atoms with Gasteiger partial charge in [0.2, 0.25) is 11.8 Å². The molecule has 0 aliphatic heterocycles. The molecular weight excluding hydrogens is 194 g/mol. The first-order valence-corrected chi connectivity index (χ1v) is 5.18. The maximum atomic E-state index is 11.7. The summed E-state index contributed by atoms with van der Waals surface area (Å²) < 4.78 is 0. The lowest BCUT2D eigenvalue weighted by Crippen LogP contribution is -2.39. The second kappa shape index (κ2) is 7.23. The highest BCUT2D eigenvalue weighted by Crippen LogP contribution is 2.07. The molecule has 88 valence electrons. The van der Waals surface area contributed by atoms with Crippen LogP contribution < -0.4 is 11.1 Å². The van der Waals surface area contributed by atoms with E-state index in [9.17, 15) is 9.59 Å². The third kappa shape index (κ3) is 5.37.